The van der Waals surface area contributed by atoms with Crippen LogP contribution in [0.5, 0.6) is 0 Å². The van der Waals surface area contributed by atoms with Crippen LogP contribution >= 0.6 is 0 Å². The van der Waals surface area contributed by atoms with E-state index in [0.717, 1.165) is 19.1 Å². The van der Waals surface area contributed by atoms with Gasteiger partial charge in [-0.25, -0.2) is 0 Å². The van der Waals surface area contributed by atoms with E-state index in [1.165, 1.54) is 36.4 Å². The average molecular weight is 774 g/mol. The van der Waals surface area contributed by atoms with Gasteiger partial charge in [0, 0.05) is 61.6 Å². The Labute approximate surface area is 313 Å². The van der Waals surface area contributed by atoms with E-state index in [1.54, 1.807) is 13.8 Å². The third-order valence-corrected chi connectivity index (χ3v) is 7.95. The van der Waals surface area contributed by atoms with Crippen LogP contribution < -0.4 is 16.4 Å². The molecule has 0 aromatic heterocycles. The van der Waals surface area contributed by atoms with Gasteiger partial charge in [-0.2, -0.15) is 0 Å². The summed E-state index contributed by atoms with van der Waals surface area (Å²) in [7, 11) is 0. The highest BCUT2D eigenvalue weighted by Crippen LogP contribution is 2.21. The zero-order chi connectivity index (χ0) is 42.0. The number of nitrogens with one attached hydrogen (secondary N) is 2. The third-order valence-electron chi connectivity index (χ3n) is 7.95. The van der Waals surface area contributed by atoms with Gasteiger partial charge in [-0.3, -0.25) is 53.8 Å². The van der Waals surface area contributed by atoms with E-state index in [4.69, 9.17) is 15.9 Å². The number of nitro groups is 2. The molecule has 2 rings (SSSR count). The second-order valence-corrected chi connectivity index (χ2v) is 12.8. The Balaban J connectivity index is 0.00000130. The molecule has 20 heteroatoms. The second kappa shape index (κ2) is 22.5. The molecule has 0 fully saturated rings. The van der Waals surface area contributed by atoms with Gasteiger partial charge < -0.3 is 36.5 Å². The summed E-state index contributed by atoms with van der Waals surface area (Å²) >= 11 is 0. The molecule has 2 aromatic carbocycles. The van der Waals surface area contributed by atoms with Gasteiger partial charge in [-0.1, -0.05) is 26.0 Å². The number of carbonyl (C=O) groups excluding carboxylic acids is 5. The van der Waals surface area contributed by atoms with Crippen LogP contribution in [0.4, 0.5) is 17.1 Å². The molecule has 0 unspecified atom stereocenters. The summed E-state index contributed by atoms with van der Waals surface area (Å²) in [5, 5.41) is 53.2. The van der Waals surface area contributed by atoms with Crippen molar-refractivity contribution < 1.29 is 63.5 Å². The minimum Gasteiger partial charge on any atom is -0.481 e. The number of aliphatic carboxylic acids is 3. The lowest BCUT2D eigenvalue weighted by Crippen LogP contribution is -2.49. The van der Waals surface area contributed by atoms with E-state index in [2.05, 4.69) is 10.6 Å². The smallest absolute Gasteiger partial charge is 0.305 e. The number of nitrogens with zero attached hydrogens (tertiary/aromatic N) is 2. The van der Waals surface area contributed by atoms with Crippen molar-refractivity contribution in [1.82, 2.24) is 10.6 Å². The van der Waals surface area contributed by atoms with Crippen molar-refractivity contribution in [2.75, 3.05) is 5.73 Å². The molecule has 0 spiro atoms. The van der Waals surface area contributed by atoms with Gasteiger partial charge in [0.15, 0.2) is 11.6 Å². The summed E-state index contributed by atoms with van der Waals surface area (Å²) in [6.45, 7) is 4.29. The fourth-order valence-electron chi connectivity index (χ4n) is 5.03. The van der Waals surface area contributed by atoms with Gasteiger partial charge >= 0.3 is 17.9 Å². The number of amides is 2. The van der Waals surface area contributed by atoms with Crippen molar-refractivity contribution in [3.63, 3.8) is 0 Å². The Morgan fingerprint density at radius 1 is 0.673 bits per heavy atom. The van der Waals surface area contributed by atoms with Gasteiger partial charge in [0.1, 0.15) is 5.78 Å². The Bertz CT molecular complexity index is 1730. The van der Waals surface area contributed by atoms with Crippen molar-refractivity contribution in [2.45, 2.75) is 77.8 Å². The standard InChI is InChI=1S/C29H37N3O13.C6H6N2O2/c1-15(2)20(13-24(35)21(8-9-25(36)37)30-28(42)18(10-16(3)33)12-26(38)39)29(43)31-22(14-27(40)41)23(34)11-17-4-6-19(7-5-17)32(44)45;7-5-1-3-6(4-2-5)8(9)10/h4-7,15,18,20-22H,8-14H2,1-3H3,(H,30,42)(H,31,43)(H,36,37)(H,38,39)(H,40,41);1-4H,7H2/t18-,20-,21-,22-;/m0./s1. The highest BCUT2D eigenvalue weighted by Gasteiger charge is 2.34. The van der Waals surface area contributed by atoms with Gasteiger partial charge in [0.05, 0.1) is 40.7 Å². The largest absolute Gasteiger partial charge is 0.481 e. The fourth-order valence-corrected chi connectivity index (χ4v) is 5.03. The number of rotatable bonds is 22. The van der Waals surface area contributed by atoms with E-state index in [1.807, 2.05) is 0 Å². The molecule has 0 heterocycles. The molecule has 298 valence electrons. The zero-order valence-corrected chi connectivity index (χ0v) is 30.2. The lowest BCUT2D eigenvalue weighted by atomic mass is 9.86. The van der Waals surface area contributed by atoms with Crippen LogP contribution in [-0.4, -0.2) is 84.3 Å². The molecule has 2 aromatic rings. The maximum atomic E-state index is 13.3. The summed E-state index contributed by atoms with van der Waals surface area (Å²) in [4.78, 5) is 118. The predicted octanol–water partition coefficient (Wildman–Crippen LogP) is 2.49. The fraction of sp³-hybridized carbons (Fsp3) is 0.429. The summed E-state index contributed by atoms with van der Waals surface area (Å²) < 4.78 is 0. The predicted molar refractivity (Wildman–Crippen MR) is 191 cm³/mol. The molecule has 0 saturated carbocycles. The number of carboxylic acid groups (broad SMARTS) is 3. The lowest BCUT2D eigenvalue weighted by Gasteiger charge is -2.26. The monoisotopic (exact) mass is 773 g/mol. The number of benzene rings is 2. The molecule has 4 atom stereocenters. The molecule has 7 N–H and O–H groups in total. The molecular formula is C35H43N5O15. The first kappa shape index (κ1) is 46.4. The number of carboxylic acids is 3. The van der Waals surface area contributed by atoms with E-state index < -0.39 is 125 Å². The van der Waals surface area contributed by atoms with E-state index in [-0.39, 0.29) is 17.8 Å². The first-order valence-electron chi connectivity index (χ1n) is 16.6. The Morgan fingerprint density at radius 2 is 1.16 bits per heavy atom. The Hall–Kier alpha value is -6.60. The molecule has 20 nitrogen and oxygen atoms in total. The Morgan fingerprint density at radius 3 is 1.60 bits per heavy atom. The van der Waals surface area contributed by atoms with Crippen LogP contribution in [0.15, 0.2) is 48.5 Å². The minimum atomic E-state index is -1.52. The van der Waals surface area contributed by atoms with E-state index in [0.29, 0.717) is 11.3 Å². The Kier molecular flexibility index (Phi) is 19.0. The van der Waals surface area contributed by atoms with Crippen molar-refractivity contribution >= 4 is 64.1 Å². The topological polar surface area (TPSA) is 334 Å². The van der Waals surface area contributed by atoms with Gasteiger partial charge in [0.25, 0.3) is 11.4 Å². The summed E-state index contributed by atoms with van der Waals surface area (Å²) in [5.41, 5.74) is 6.01. The van der Waals surface area contributed by atoms with Crippen molar-refractivity contribution in [3.05, 3.63) is 74.3 Å². The molecule has 0 aliphatic rings. The molecule has 0 bridgehead atoms. The highest BCUT2D eigenvalue weighted by atomic mass is 16.6. The van der Waals surface area contributed by atoms with Crippen LogP contribution in [0.25, 0.3) is 0 Å². The van der Waals surface area contributed by atoms with Gasteiger partial charge in [-0.05, 0) is 37.0 Å². The maximum Gasteiger partial charge on any atom is 0.305 e. The van der Waals surface area contributed by atoms with Crippen molar-refractivity contribution in [2.24, 2.45) is 17.8 Å². The van der Waals surface area contributed by atoms with Crippen LogP contribution in [0, 0.1) is 38.0 Å². The molecule has 0 radical (unpaired) electrons. The zero-order valence-electron chi connectivity index (χ0n) is 30.2. The molecule has 0 aliphatic heterocycles. The summed E-state index contributed by atoms with van der Waals surface area (Å²) in [6, 6.07) is 7.72. The number of hydrogen-bond acceptors (Lipinski definition) is 13. The van der Waals surface area contributed by atoms with Gasteiger partial charge in [-0.15, -0.1) is 0 Å². The molecule has 55 heavy (non-hydrogen) atoms. The number of Topliss-reactive ketones (excluding diaryl/α,β-unsaturated/α-hetero) is 3. The molecule has 2 amide bonds. The third kappa shape index (κ3) is 17.6. The molecular weight excluding hydrogens is 730 g/mol. The van der Waals surface area contributed by atoms with Crippen molar-refractivity contribution in [1.29, 1.82) is 0 Å². The minimum absolute atomic E-state index is 0.0641. The number of carbonyl (C=O) groups is 8. The van der Waals surface area contributed by atoms with E-state index in [9.17, 15) is 63.7 Å². The number of anilines is 1. The number of non-ortho nitro benzene ring substituents is 2. The maximum absolute atomic E-state index is 13.3. The normalized spacial score (nSPS) is 12.7. The summed E-state index contributed by atoms with van der Waals surface area (Å²) in [6.07, 6.45) is -3.84. The number of ketones is 3. The quantitative estimate of drug-likeness (QED) is 0.0568. The molecule has 0 aliphatic carbocycles. The second-order valence-electron chi connectivity index (χ2n) is 12.8. The van der Waals surface area contributed by atoms with E-state index >= 15 is 0 Å². The van der Waals surface area contributed by atoms with Crippen LogP contribution in [0.1, 0.15) is 64.9 Å². The SMILES string of the molecule is CC(=O)C[C@@H](CC(=O)O)C(=O)N[C@@H](CCC(=O)O)C(=O)C[C@H](C(=O)N[C@@H](CC(=O)O)C(=O)Cc1ccc([N+](=O)[O-])cc1)C(C)C.Nc1ccc([N+](=O)[O-])cc1. The summed E-state index contributed by atoms with van der Waals surface area (Å²) in [5.74, 6) is -10.9. The van der Waals surface area contributed by atoms with Crippen LogP contribution in [0.3, 0.4) is 0 Å². The van der Waals surface area contributed by atoms with Crippen LogP contribution in [0.2, 0.25) is 0 Å². The number of nitro benzene ring substituents is 2. The average Bonchev–Trinajstić information content (AvgIpc) is 3.08. The first-order valence-corrected chi connectivity index (χ1v) is 16.6. The number of nitrogen functional groups attached to an aromatic ring is 1. The number of hydrogen-bond donors (Lipinski definition) is 6. The van der Waals surface area contributed by atoms with Crippen LogP contribution in [-0.2, 0) is 44.8 Å². The highest BCUT2D eigenvalue weighted by molar-refractivity contribution is 5.97. The number of nitrogens with two attached hydrogens (primary N) is 1. The molecule has 0 saturated heterocycles. The van der Waals surface area contributed by atoms with Crippen molar-refractivity contribution in [3.8, 4) is 0 Å². The van der Waals surface area contributed by atoms with Gasteiger partial charge in [0.2, 0.25) is 11.8 Å². The lowest BCUT2D eigenvalue weighted by molar-refractivity contribution is -0.385. The first-order chi connectivity index (χ1) is 25.6.